The quantitative estimate of drug-likeness (QED) is 0.743. The fraction of sp³-hybridized carbons (Fsp3) is 0.316. The molecule has 2 aromatic rings. The average Bonchev–Trinajstić information content (AvgIpc) is 3.05. The molecule has 0 aliphatic heterocycles. The molecule has 0 unspecified atom stereocenters. The number of benzene rings is 2. The lowest BCUT2D eigenvalue weighted by Crippen LogP contribution is -2.45. The van der Waals surface area contributed by atoms with Gasteiger partial charge in [0.25, 0.3) is 0 Å². The molecule has 0 heterocycles. The third-order valence-corrected chi connectivity index (χ3v) is 5.05. The summed E-state index contributed by atoms with van der Waals surface area (Å²) < 4.78 is 5.18. The van der Waals surface area contributed by atoms with Crippen molar-refractivity contribution in [2.45, 2.75) is 31.2 Å². The van der Waals surface area contributed by atoms with E-state index in [0.29, 0.717) is 15.9 Å². The molecule has 0 amide bonds. The molecule has 1 fully saturated rings. The van der Waals surface area contributed by atoms with Gasteiger partial charge in [-0.3, -0.25) is 0 Å². The molecule has 1 aliphatic rings. The molecule has 2 N–H and O–H groups in total. The van der Waals surface area contributed by atoms with Crippen LogP contribution in [0, 0.1) is 0 Å². The molecular weight excluding hydrogens is 340 g/mol. The summed E-state index contributed by atoms with van der Waals surface area (Å²) in [6.45, 7) is 0. The number of hydrogen-bond acceptors (Lipinski definition) is 2. The third kappa shape index (κ3) is 3.65. The van der Waals surface area contributed by atoms with Crippen LogP contribution < -0.4 is 15.4 Å². The van der Waals surface area contributed by atoms with Crippen molar-refractivity contribution in [2.24, 2.45) is 0 Å². The number of ether oxygens (including phenoxy) is 1. The summed E-state index contributed by atoms with van der Waals surface area (Å²) in [5.41, 5.74) is 2.06. The second kappa shape index (κ2) is 7.41. The maximum atomic E-state index is 6.18. The Kier molecular flexibility index (Phi) is 5.27. The Balaban J connectivity index is 1.74. The van der Waals surface area contributed by atoms with Gasteiger partial charge < -0.3 is 15.4 Å². The predicted molar refractivity (Wildman–Crippen MR) is 104 cm³/mol. The van der Waals surface area contributed by atoms with Gasteiger partial charge in [-0.25, -0.2) is 0 Å². The minimum absolute atomic E-state index is 0.0817. The smallest absolute Gasteiger partial charge is 0.171 e. The molecule has 0 aromatic heterocycles. The van der Waals surface area contributed by atoms with Crippen LogP contribution in [0.25, 0.3) is 0 Å². The molecule has 5 heteroatoms. The predicted octanol–water partition coefficient (Wildman–Crippen LogP) is 5.10. The maximum absolute atomic E-state index is 6.18. The van der Waals surface area contributed by atoms with E-state index < -0.39 is 0 Å². The van der Waals surface area contributed by atoms with Crippen molar-refractivity contribution in [1.29, 1.82) is 0 Å². The molecule has 0 bridgehead atoms. The number of anilines is 1. The van der Waals surface area contributed by atoms with Gasteiger partial charge in [0.1, 0.15) is 5.75 Å². The Morgan fingerprint density at radius 2 is 1.83 bits per heavy atom. The Hall–Kier alpha value is -1.78. The second-order valence-electron chi connectivity index (χ2n) is 6.08. The highest BCUT2D eigenvalue weighted by Crippen LogP contribution is 2.38. The maximum Gasteiger partial charge on any atom is 0.171 e. The zero-order valence-electron chi connectivity index (χ0n) is 13.6. The molecule has 1 aliphatic carbocycles. The lowest BCUT2D eigenvalue weighted by Gasteiger charge is -2.32. The van der Waals surface area contributed by atoms with Gasteiger partial charge in [-0.1, -0.05) is 54.8 Å². The Bertz CT molecular complexity index is 715. The Morgan fingerprint density at radius 1 is 1.12 bits per heavy atom. The SMILES string of the molecule is COc1ccc(NC(=S)NC2(c3ccccc3)CCCC2)cc1Cl. The third-order valence-electron chi connectivity index (χ3n) is 4.55. The molecule has 126 valence electrons. The van der Waals surface area contributed by atoms with Gasteiger partial charge in [0.2, 0.25) is 0 Å². The van der Waals surface area contributed by atoms with Gasteiger partial charge in [-0.2, -0.15) is 0 Å². The largest absolute Gasteiger partial charge is 0.495 e. The summed E-state index contributed by atoms with van der Waals surface area (Å²) >= 11 is 11.7. The number of nitrogens with one attached hydrogen (secondary N) is 2. The highest BCUT2D eigenvalue weighted by molar-refractivity contribution is 7.80. The molecule has 0 radical (unpaired) electrons. The second-order valence-corrected chi connectivity index (χ2v) is 6.90. The van der Waals surface area contributed by atoms with Crippen LogP contribution >= 0.6 is 23.8 Å². The van der Waals surface area contributed by atoms with E-state index in [9.17, 15) is 0 Å². The summed E-state index contributed by atoms with van der Waals surface area (Å²) in [4.78, 5) is 0. The van der Waals surface area contributed by atoms with Crippen LogP contribution in [0.1, 0.15) is 31.2 Å². The first-order valence-electron chi connectivity index (χ1n) is 8.11. The van der Waals surface area contributed by atoms with Gasteiger partial charge >= 0.3 is 0 Å². The van der Waals surface area contributed by atoms with Gasteiger partial charge in [0.05, 0.1) is 17.7 Å². The summed E-state index contributed by atoms with van der Waals surface area (Å²) in [6, 6.07) is 16.1. The lowest BCUT2D eigenvalue weighted by molar-refractivity contribution is 0.408. The molecule has 0 atom stereocenters. The van der Waals surface area contributed by atoms with Crippen LogP contribution in [0.3, 0.4) is 0 Å². The molecule has 1 saturated carbocycles. The Labute approximate surface area is 153 Å². The van der Waals surface area contributed by atoms with E-state index in [0.717, 1.165) is 18.5 Å². The van der Waals surface area contributed by atoms with Crippen molar-refractivity contribution < 1.29 is 4.74 Å². The molecular formula is C19H21ClN2OS. The molecule has 0 saturated heterocycles. The molecule has 3 nitrogen and oxygen atoms in total. The molecule has 24 heavy (non-hydrogen) atoms. The first kappa shape index (κ1) is 17.1. The number of thiocarbonyl (C=S) groups is 1. The van der Waals surface area contributed by atoms with Gasteiger partial charge in [0, 0.05) is 5.69 Å². The van der Waals surface area contributed by atoms with Gasteiger partial charge in [-0.05, 0) is 48.8 Å². The van der Waals surface area contributed by atoms with E-state index in [-0.39, 0.29) is 5.54 Å². The molecule has 0 spiro atoms. The van der Waals surface area contributed by atoms with Gasteiger partial charge in [-0.15, -0.1) is 0 Å². The van der Waals surface area contributed by atoms with E-state index in [1.165, 1.54) is 18.4 Å². The van der Waals surface area contributed by atoms with Crippen LogP contribution in [0.4, 0.5) is 5.69 Å². The highest BCUT2D eigenvalue weighted by Gasteiger charge is 2.36. The normalized spacial score (nSPS) is 15.8. The number of rotatable bonds is 4. The molecule has 2 aromatic carbocycles. The first-order valence-corrected chi connectivity index (χ1v) is 8.90. The topological polar surface area (TPSA) is 33.3 Å². The standard InChI is InChI=1S/C19H21ClN2OS/c1-23-17-10-9-15(13-16(17)20)21-18(24)22-19(11-5-6-12-19)14-7-3-2-4-8-14/h2-4,7-10,13H,5-6,11-12H2,1H3,(H2,21,22,24). The summed E-state index contributed by atoms with van der Waals surface area (Å²) in [5, 5.41) is 7.96. The van der Waals surface area contributed by atoms with E-state index in [2.05, 4.69) is 34.9 Å². The average molecular weight is 361 g/mol. The first-order chi connectivity index (χ1) is 11.6. The highest BCUT2D eigenvalue weighted by atomic mass is 35.5. The minimum atomic E-state index is -0.0817. The zero-order valence-corrected chi connectivity index (χ0v) is 15.2. The zero-order chi connectivity index (χ0) is 17.0. The summed E-state index contributed by atoms with van der Waals surface area (Å²) in [6.07, 6.45) is 4.59. The lowest BCUT2D eigenvalue weighted by atomic mass is 9.88. The number of methoxy groups -OCH3 is 1. The monoisotopic (exact) mass is 360 g/mol. The number of hydrogen-bond donors (Lipinski definition) is 2. The number of halogens is 1. The van der Waals surface area contributed by atoms with E-state index in [4.69, 9.17) is 28.6 Å². The van der Waals surface area contributed by atoms with Crippen LogP contribution in [-0.4, -0.2) is 12.2 Å². The van der Waals surface area contributed by atoms with Gasteiger partial charge in [0.15, 0.2) is 5.11 Å². The molecule has 3 rings (SSSR count). The van der Waals surface area contributed by atoms with Crippen molar-refractivity contribution in [1.82, 2.24) is 5.32 Å². The van der Waals surface area contributed by atoms with Crippen molar-refractivity contribution in [2.75, 3.05) is 12.4 Å². The van der Waals surface area contributed by atoms with Crippen molar-refractivity contribution in [3.05, 3.63) is 59.1 Å². The van der Waals surface area contributed by atoms with Crippen molar-refractivity contribution >= 4 is 34.6 Å². The van der Waals surface area contributed by atoms with E-state index in [1.54, 1.807) is 7.11 Å². The minimum Gasteiger partial charge on any atom is -0.495 e. The van der Waals surface area contributed by atoms with Crippen molar-refractivity contribution in [3.63, 3.8) is 0 Å². The van der Waals surface area contributed by atoms with E-state index >= 15 is 0 Å². The van der Waals surface area contributed by atoms with Crippen LogP contribution in [0.5, 0.6) is 5.75 Å². The van der Waals surface area contributed by atoms with E-state index in [1.807, 2.05) is 24.3 Å². The summed E-state index contributed by atoms with van der Waals surface area (Å²) in [7, 11) is 1.60. The fourth-order valence-electron chi connectivity index (χ4n) is 3.35. The van der Waals surface area contributed by atoms with Crippen molar-refractivity contribution in [3.8, 4) is 5.75 Å². The van der Waals surface area contributed by atoms with Crippen LogP contribution in [0.2, 0.25) is 5.02 Å². The van der Waals surface area contributed by atoms with Crippen LogP contribution in [-0.2, 0) is 5.54 Å². The Morgan fingerprint density at radius 3 is 2.46 bits per heavy atom. The van der Waals surface area contributed by atoms with Crippen LogP contribution in [0.15, 0.2) is 48.5 Å². The summed E-state index contributed by atoms with van der Waals surface area (Å²) in [5.74, 6) is 0.651. The fourth-order valence-corrected chi connectivity index (χ4v) is 3.92.